The lowest BCUT2D eigenvalue weighted by molar-refractivity contribution is 0.0590. The predicted molar refractivity (Wildman–Crippen MR) is 69.6 cm³/mol. The fourth-order valence-electron chi connectivity index (χ4n) is 3.57. The minimum absolute atomic E-state index is 0.0268. The molecule has 3 unspecified atom stereocenters. The van der Waals surface area contributed by atoms with E-state index >= 15 is 0 Å². The Balaban J connectivity index is 1.84. The van der Waals surface area contributed by atoms with Crippen LogP contribution >= 0.6 is 0 Å². The fourth-order valence-corrected chi connectivity index (χ4v) is 3.57. The summed E-state index contributed by atoms with van der Waals surface area (Å²) in [6.07, 6.45) is 9.44. The highest BCUT2D eigenvalue weighted by molar-refractivity contribution is 4.92. The van der Waals surface area contributed by atoms with Gasteiger partial charge in [-0.1, -0.05) is 12.8 Å². The van der Waals surface area contributed by atoms with E-state index in [4.69, 9.17) is 5.26 Å². The Morgan fingerprint density at radius 2 is 2.06 bits per heavy atom. The van der Waals surface area contributed by atoms with Gasteiger partial charge in [-0.25, -0.2) is 0 Å². The van der Waals surface area contributed by atoms with Crippen LogP contribution in [0.15, 0.2) is 0 Å². The molecular formula is C14H25N3. The van der Waals surface area contributed by atoms with E-state index in [1.165, 1.54) is 45.1 Å². The van der Waals surface area contributed by atoms with Crippen LogP contribution in [0.5, 0.6) is 0 Å². The number of hydrogen-bond acceptors (Lipinski definition) is 3. The Kier molecular flexibility index (Phi) is 4.82. The number of hydrogen-bond donors (Lipinski definition) is 1. The maximum Gasteiger partial charge on any atom is 0.0962 e. The first kappa shape index (κ1) is 12.9. The minimum Gasteiger partial charge on any atom is -0.305 e. The first-order valence-electron chi connectivity index (χ1n) is 7.16. The van der Waals surface area contributed by atoms with Crippen LogP contribution in [0, 0.1) is 17.2 Å². The number of piperidine rings is 1. The molecule has 0 aromatic carbocycles. The Morgan fingerprint density at radius 1 is 1.29 bits per heavy atom. The summed E-state index contributed by atoms with van der Waals surface area (Å²) < 4.78 is 0. The van der Waals surface area contributed by atoms with Crippen LogP contribution in [0.2, 0.25) is 0 Å². The van der Waals surface area contributed by atoms with Gasteiger partial charge in [0.2, 0.25) is 0 Å². The quantitative estimate of drug-likeness (QED) is 0.811. The molecule has 0 spiro atoms. The standard InChI is InChI=1S/C14H25N3/c1-16-13(11-15)8-10-17-9-4-6-12-5-2-3-7-14(12)17/h12-14,16H,2-10H2,1H3. The van der Waals surface area contributed by atoms with Gasteiger partial charge in [0.05, 0.1) is 12.1 Å². The van der Waals surface area contributed by atoms with Gasteiger partial charge in [0.1, 0.15) is 0 Å². The Morgan fingerprint density at radius 3 is 2.82 bits per heavy atom. The zero-order chi connectivity index (χ0) is 12.1. The van der Waals surface area contributed by atoms with Crippen molar-refractivity contribution >= 4 is 0 Å². The number of likely N-dealkylation sites (tertiary alicyclic amines) is 1. The Bertz CT molecular complexity index is 269. The summed E-state index contributed by atoms with van der Waals surface area (Å²) in [6.45, 7) is 2.35. The van der Waals surface area contributed by atoms with Gasteiger partial charge in [-0.2, -0.15) is 5.26 Å². The van der Waals surface area contributed by atoms with Gasteiger partial charge in [-0.15, -0.1) is 0 Å². The summed E-state index contributed by atoms with van der Waals surface area (Å²) in [4.78, 5) is 2.66. The molecule has 2 fully saturated rings. The molecular weight excluding hydrogens is 210 g/mol. The van der Waals surface area contributed by atoms with Crippen molar-refractivity contribution in [3.63, 3.8) is 0 Å². The third kappa shape index (κ3) is 3.20. The first-order chi connectivity index (χ1) is 8.35. The summed E-state index contributed by atoms with van der Waals surface area (Å²) in [5.74, 6) is 0.952. The highest BCUT2D eigenvalue weighted by atomic mass is 15.2. The number of nitrogens with one attached hydrogen (secondary N) is 1. The highest BCUT2D eigenvalue weighted by Gasteiger charge is 2.32. The average molecular weight is 235 g/mol. The summed E-state index contributed by atoms with van der Waals surface area (Å²) >= 11 is 0. The molecule has 1 saturated carbocycles. The van der Waals surface area contributed by atoms with Crippen LogP contribution in [-0.2, 0) is 0 Å². The minimum atomic E-state index is 0.0268. The molecule has 17 heavy (non-hydrogen) atoms. The van der Waals surface area contributed by atoms with E-state index in [2.05, 4.69) is 16.3 Å². The van der Waals surface area contributed by atoms with Gasteiger partial charge in [-0.3, -0.25) is 0 Å². The van der Waals surface area contributed by atoms with Crippen LogP contribution in [0.4, 0.5) is 0 Å². The van der Waals surface area contributed by atoms with E-state index in [1.54, 1.807) is 0 Å². The normalized spacial score (nSPS) is 31.5. The van der Waals surface area contributed by atoms with E-state index in [1.807, 2.05) is 7.05 Å². The largest absolute Gasteiger partial charge is 0.305 e. The molecule has 3 heteroatoms. The molecule has 96 valence electrons. The molecule has 1 saturated heterocycles. The van der Waals surface area contributed by atoms with Gasteiger partial charge >= 0.3 is 0 Å². The van der Waals surface area contributed by atoms with Gasteiger partial charge < -0.3 is 10.2 Å². The maximum absolute atomic E-state index is 8.96. The molecule has 1 N–H and O–H groups in total. The first-order valence-corrected chi connectivity index (χ1v) is 7.16. The van der Waals surface area contributed by atoms with Crippen molar-refractivity contribution in [3.8, 4) is 6.07 Å². The Hall–Kier alpha value is -0.590. The van der Waals surface area contributed by atoms with Crippen LogP contribution in [0.25, 0.3) is 0 Å². The monoisotopic (exact) mass is 235 g/mol. The molecule has 1 aliphatic carbocycles. The SMILES string of the molecule is CNC(C#N)CCN1CCCC2CCCCC21. The molecule has 2 rings (SSSR count). The number of nitrogens with zero attached hydrogens (tertiary/aromatic N) is 2. The zero-order valence-corrected chi connectivity index (χ0v) is 11.0. The summed E-state index contributed by atoms with van der Waals surface area (Å²) in [5.41, 5.74) is 0. The van der Waals surface area contributed by atoms with E-state index in [0.29, 0.717) is 0 Å². The van der Waals surface area contributed by atoms with Gasteiger partial charge in [-0.05, 0) is 51.6 Å². The van der Waals surface area contributed by atoms with E-state index in [9.17, 15) is 0 Å². The second-order valence-electron chi connectivity index (χ2n) is 5.55. The van der Waals surface area contributed by atoms with Crippen LogP contribution in [0.3, 0.4) is 0 Å². The van der Waals surface area contributed by atoms with Crippen molar-refractivity contribution in [2.75, 3.05) is 20.1 Å². The van der Waals surface area contributed by atoms with Crippen molar-refractivity contribution in [1.82, 2.24) is 10.2 Å². The summed E-state index contributed by atoms with van der Waals surface area (Å²) in [6, 6.07) is 3.18. The second-order valence-corrected chi connectivity index (χ2v) is 5.55. The number of fused-ring (bicyclic) bond motifs is 1. The van der Waals surface area contributed by atoms with Crippen molar-refractivity contribution in [1.29, 1.82) is 5.26 Å². The number of rotatable bonds is 4. The van der Waals surface area contributed by atoms with Crippen molar-refractivity contribution in [2.24, 2.45) is 5.92 Å². The fraction of sp³-hybridized carbons (Fsp3) is 0.929. The molecule has 0 aromatic heterocycles. The van der Waals surface area contributed by atoms with E-state index < -0.39 is 0 Å². The third-order valence-corrected chi connectivity index (χ3v) is 4.57. The molecule has 3 nitrogen and oxygen atoms in total. The van der Waals surface area contributed by atoms with E-state index in [0.717, 1.165) is 24.9 Å². The van der Waals surface area contributed by atoms with Crippen molar-refractivity contribution < 1.29 is 0 Å². The average Bonchev–Trinajstić information content (AvgIpc) is 2.40. The lowest BCUT2D eigenvalue weighted by Crippen LogP contribution is -2.48. The van der Waals surface area contributed by atoms with Crippen LogP contribution in [0.1, 0.15) is 44.9 Å². The number of nitriles is 1. The topological polar surface area (TPSA) is 39.1 Å². The van der Waals surface area contributed by atoms with Crippen molar-refractivity contribution in [2.45, 2.75) is 57.0 Å². The predicted octanol–water partition coefficient (Wildman–Crippen LogP) is 2.14. The van der Waals surface area contributed by atoms with Crippen LogP contribution in [-0.4, -0.2) is 37.1 Å². The Labute approximate surface area is 105 Å². The second kappa shape index (κ2) is 6.37. The summed E-state index contributed by atoms with van der Waals surface area (Å²) in [7, 11) is 1.88. The third-order valence-electron chi connectivity index (χ3n) is 4.57. The molecule has 0 bridgehead atoms. The smallest absolute Gasteiger partial charge is 0.0962 e. The van der Waals surface area contributed by atoms with E-state index in [-0.39, 0.29) is 6.04 Å². The van der Waals surface area contributed by atoms with Gasteiger partial charge in [0.25, 0.3) is 0 Å². The highest BCUT2D eigenvalue weighted by Crippen LogP contribution is 2.35. The molecule has 1 heterocycles. The molecule has 3 atom stereocenters. The molecule has 1 aliphatic heterocycles. The lowest BCUT2D eigenvalue weighted by atomic mass is 9.78. The summed E-state index contributed by atoms with van der Waals surface area (Å²) in [5, 5.41) is 12.0. The molecule has 0 aromatic rings. The lowest BCUT2D eigenvalue weighted by Gasteiger charge is -2.44. The van der Waals surface area contributed by atoms with Gasteiger partial charge in [0.15, 0.2) is 0 Å². The van der Waals surface area contributed by atoms with Crippen LogP contribution < -0.4 is 5.32 Å². The molecule has 0 amide bonds. The maximum atomic E-state index is 8.96. The van der Waals surface area contributed by atoms with Gasteiger partial charge in [0, 0.05) is 12.6 Å². The van der Waals surface area contributed by atoms with Crippen molar-refractivity contribution in [3.05, 3.63) is 0 Å². The molecule has 2 aliphatic rings. The zero-order valence-electron chi connectivity index (χ0n) is 11.0. The molecule has 0 radical (unpaired) electrons.